The number of fused-ring (bicyclic) bond motifs is 1. The standard InChI is InChI=1S/C24H31N5O5/c1-4-6-12-27-16-26-21-20(27)22(31)29(24(33)28(21)13-7-5-2)15-19(30)25-14-17-8-10-18(11-9-17)23(32)34-3/h8-11,16H,4-7,12-15H2,1-3H3,(H,25,30). The summed E-state index contributed by atoms with van der Waals surface area (Å²) in [7, 11) is 1.31. The molecule has 0 saturated heterocycles. The Kier molecular flexibility index (Phi) is 8.39. The maximum atomic E-state index is 13.2. The number of hydrogen-bond acceptors (Lipinski definition) is 6. The molecule has 2 heterocycles. The number of rotatable bonds is 11. The monoisotopic (exact) mass is 469 g/mol. The first kappa shape index (κ1) is 24.9. The van der Waals surface area contributed by atoms with Gasteiger partial charge in [-0.2, -0.15) is 0 Å². The molecule has 0 aliphatic rings. The van der Waals surface area contributed by atoms with Crippen LogP contribution in [-0.4, -0.2) is 37.7 Å². The van der Waals surface area contributed by atoms with Gasteiger partial charge in [0, 0.05) is 19.6 Å². The predicted octanol–water partition coefficient (Wildman–Crippen LogP) is 2.06. The zero-order chi connectivity index (χ0) is 24.7. The Hall–Kier alpha value is -3.69. The van der Waals surface area contributed by atoms with Gasteiger partial charge in [-0.15, -0.1) is 0 Å². The third-order valence-corrected chi connectivity index (χ3v) is 5.64. The van der Waals surface area contributed by atoms with Crippen molar-refractivity contribution in [3.8, 4) is 0 Å². The number of esters is 1. The number of carbonyl (C=O) groups excluding carboxylic acids is 2. The second-order valence-corrected chi connectivity index (χ2v) is 8.11. The van der Waals surface area contributed by atoms with Gasteiger partial charge in [0.15, 0.2) is 11.2 Å². The van der Waals surface area contributed by atoms with Crippen molar-refractivity contribution in [2.24, 2.45) is 0 Å². The van der Waals surface area contributed by atoms with Crippen LogP contribution >= 0.6 is 0 Å². The minimum absolute atomic E-state index is 0.190. The quantitative estimate of drug-likeness (QED) is 0.430. The van der Waals surface area contributed by atoms with Gasteiger partial charge in [0.2, 0.25) is 5.91 Å². The van der Waals surface area contributed by atoms with Crippen LogP contribution in [0.1, 0.15) is 55.5 Å². The highest BCUT2D eigenvalue weighted by Crippen LogP contribution is 2.10. The van der Waals surface area contributed by atoms with Crippen molar-refractivity contribution in [1.82, 2.24) is 24.0 Å². The normalized spacial score (nSPS) is 11.0. The van der Waals surface area contributed by atoms with Crippen LogP contribution in [-0.2, 0) is 35.7 Å². The average Bonchev–Trinajstić information content (AvgIpc) is 3.27. The first-order chi connectivity index (χ1) is 16.4. The number of hydrogen-bond donors (Lipinski definition) is 1. The molecule has 1 aromatic carbocycles. The molecule has 2 aromatic heterocycles. The summed E-state index contributed by atoms with van der Waals surface area (Å²) in [5, 5.41) is 2.73. The fraction of sp³-hybridized carbons (Fsp3) is 0.458. The number of benzene rings is 1. The number of aryl methyl sites for hydroxylation is 2. The van der Waals surface area contributed by atoms with Gasteiger partial charge in [-0.1, -0.05) is 38.8 Å². The summed E-state index contributed by atoms with van der Waals surface area (Å²) in [5.74, 6) is -0.903. The third-order valence-electron chi connectivity index (χ3n) is 5.64. The number of imidazole rings is 1. The lowest BCUT2D eigenvalue weighted by molar-refractivity contribution is -0.121. The summed E-state index contributed by atoms with van der Waals surface area (Å²) in [6.45, 7) is 4.91. The number of amides is 1. The van der Waals surface area contributed by atoms with Crippen molar-refractivity contribution in [1.29, 1.82) is 0 Å². The summed E-state index contributed by atoms with van der Waals surface area (Å²) in [6, 6.07) is 6.62. The van der Waals surface area contributed by atoms with Crippen LogP contribution in [0.15, 0.2) is 40.2 Å². The van der Waals surface area contributed by atoms with Crippen LogP contribution in [0.25, 0.3) is 11.2 Å². The lowest BCUT2D eigenvalue weighted by Gasteiger charge is -2.12. The number of aromatic nitrogens is 4. The van der Waals surface area contributed by atoms with Crippen molar-refractivity contribution >= 4 is 23.0 Å². The van der Waals surface area contributed by atoms with Gasteiger partial charge in [-0.05, 0) is 30.5 Å². The van der Waals surface area contributed by atoms with E-state index in [1.807, 2.05) is 6.92 Å². The van der Waals surface area contributed by atoms with Crippen molar-refractivity contribution in [3.63, 3.8) is 0 Å². The highest BCUT2D eigenvalue weighted by atomic mass is 16.5. The molecule has 3 aromatic rings. The molecule has 0 saturated carbocycles. The number of ether oxygens (including phenoxy) is 1. The van der Waals surface area contributed by atoms with Gasteiger partial charge >= 0.3 is 11.7 Å². The molecule has 0 radical (unpaired) electrons. The highest BCUT2D eigenvalue weighted by Gasteiger charge is 2.19. The minimum atomic E-state index is -0.538. The summed E-state index contributed by atoms with van der Waals surface area (Å²) < 4.78 is 8.91. The minimum Gasteiger partial charge on any atom is -0.465 e. The lowest BCUT2D eigenvalue weighted by Crippen LogP contribution is -2.44. The maximum absolute atomic E-state index is 13.2. The largest absolute Gasteiger partial charge is 0.465 e. The molecule has 0 spiro atoms. The molecule has 3 rings (SSSR count). The molecule has 1 N–H and O–H groups in total. The van der Waals surface area contributed by atoms with Crippen LogP contribution in [0, 0.1) is 0 Å². The molecule has 34 heavy (non-hydrogen) atoms. The van der Waals surface area contributed by atoms with Gasteiger partial charge in [0.25, 0.3) is 5.56 Å². The van der Waals surface area contributed by atoms with Crippen LogP contribution in [0.2, 0.25) is 0 Å². The van der Waals surface area contributed by atoms with E-state index in [1.165, 1.54) is 11.7 Å². The smallest absolute Gasteiger partial charge is 0.337 e. The fourth-order valence-corrected chi connectivity index (χ4v) is 3.67. The van der Waals surface area contributed by atoms with E-state index in [1.54, 1.807) is 35.2 Å². The summed E-state index contributed by atoms with van der Waals surface area (Å²) in [5.41, 5.74) is 0.826. The van der Waals surface area contributed by atoms with Gasteiger partial charge in [-0.25, -0.2) is 19.1 Å². The van der Waals surface area contributed by atoms with E-state index in [0.29, 0.717) is 29.8 Å². The van der Waals surface area contributed by atoms with E-state index in [-0.39, 0.29) is 13.1 Å². The van der Waals surface area contributed by atoms with Crippen LogP contribution < -0.4 is 16.6 Å². The van der Waals surface area contributed by atoms with Crippen molar-refractivity contribution in [2.75, 3.05) is 7.11 Å². The zero-order valence-corrected chi connectivity index (χ0v) is 19.9. The number of nitrogens with zero attached hydrogens (tertiary/aromatic N) is 4. The topological polar surface area (TPSA) is 117 Å². The summed E-state index contributed by atoms with van der Waals surface area (Å²) in [4.78, 5) is 54.9. The Morgan fingerprint density at radius 2 is 1.68 bits per heavy atom. The first-order valence-electron chi connectivity index (χ1n) is 11.5. The fourth-order valence-electron chi connectivity index (χ4n) is 3.67. The molecule has 10 heteroatoms. The van der Waals surface area contributed by atoms with E-state index < -0.39 is 23.1 Å². The second-order valence-electron chi connectivity index (χ2n) is 8.11. The van der Waals surface area contributed by atoms with Crippen molar-refractivity contribution in [3.05, 3.63) is 62.6 Å². The van der Waals surface area contributed by atoms with E-state index in [9.17, 15) is 19.2 Å². The summed E-state index contributed by atoms with van der Waals surface area (Å²) >= 11 is 0. The van der Waals surface area contributed by atoms with E-state index in [0.717, 1.165) is 35.8 Å². The molecular formula is C24H31N5O5. The molecule has 0 bridgehead atoms. The van der Waals surface area contributed by atoms with Gasteiger partial charge in [-0.3, -0.25) is 14.2 Å². The Labute approximate surface area is 197 Å². The molecule has 0 fully saturated rings. The maximum Gasteiger partial charge on any atom is 0.337 e. The SMILES string of the molecule is CCCCn1cnc2c1c(=O)n(CC(=O)NCc1ccc(C(=O)OC)cc1)c(=O)n2CCCC. The Balaban J connectivity index is 1.84. The number of methoxy groups -OCH3 is 1. The molecule has 182 valence electrons. The number of nitrogens with one attached hydrogen (secondary N) is 1. The highest BCUT2D eigenvalue weighted by molar-refractivity contribution is 5.89. The van der Waals surface area contributed by atoms with Crippen LogP contribution in [0.3, 0.4) is 0 Å². The van der Waals surface area contributed by atoms with Crippen LogP contribution in [0.5, 0.6) is 0 Å². The molecule has 0 aliphatic heterocycles. The third kappa shape index (κ3) is 5.44. The van der Waals surface area contributed by atoms with E-state index in [2.05, 4.69) is 22.0 Å². The molecule has 0 atom stereocenters. The lowest BCUT2D eigenvalue weighted by atomic mass is 10.1. The van der Waals surface area contributed by atoms with E-state index >= 15 is 0 Å². The summed E-state index contributed by atoms with van der Waals surface area (Å²) in [6.07, 6.45) is 5.04. The molecule has 0 aliphatic carbocycles. The van der Waals surface area contributed by atoms with Crippen LogP contribution in [0.4, 0.5) is 0 Å². The average molecular weight is 470 g/mol. The van der Waals surface area contributed by atoms with Crippen molar-refractivity contribution in [2.45, 2.75) is 65.7 Å². The molecule has 1 amide bonds. The Morgan fingerprint density at radius 3 is 2.32 bits per heavy atom. The molecule has 10 nitrogen and oxygen atoms in total. The Bertz CT molecular complexity index is 1270. The second kappa shape index (κ2) is 11.4. The number of unbranched alkanes of at least 4 members (excludes halogenated alkanes) is 2. The number of carbonyl (C=O) groups is 2. The first-order valence-corrected chi connectivity index (χ1v) is 11.5. The van der Waals surface area contributed by atoms with Gasteiger partial charge in [0.05, 0.1) is 19.0 Å². The zero-order valence-electron chi connectivity index (χ0n) is 19.9. The van der Waals surface area contributed by atoms with Gasteiger partial charge < -0.3 is 14.6 Å². The van der Waals surface area contributed by atoms with Gasteiger partial charge in [0.1, 0.15) is 6.54 Å². The van der Waals surface area contributed by atoms with Crippen molar-refractivity contribution < 1.29 is 14.3 Å². The van der Waals surface area contributed by atoms with E-state index in [4.69, 9.17) is 0 Å². The Morgan fingerprint density at radius 1 is 1.00 bits per heavy atom. The predicted molar refractivity (Wildman–Crippen MR) is 128 cm³/mol. The molecule has 0 unspecified atom stereocenters. The molecular weight excluding hydrogens is 438 g/mol.